The summed E-state index contributed by atoms with van der Waals surface area (Å²) in [7, 11) is -0.180. The van der Waals surface area contributed by atoms with Crippen molar-refractivity contribution in [2.75, 3.05) is 31.4 Å². The van der Waals surface area contributed by atoms with Crippen LogP contribution in [-0.2, 0) is 13.8 Å². The van der Waals surface area contributed by atoms with Gasteiger partial charge in [-0.15, -0.1) is 4.52 Å². The highest BCUT2D eigenvalue weighted by Gasteiger charge is 2.54. The Labute approximate surface area is 144 Å². The number of imidazole rings is 1. The lowest BCUT2D eigenvalue weighted by Crippen LogP contribution is -2.44. The lowest BCUT2D eigenvalue weighted by atomic mass is 9.96. The molecule has 2 aromatic heterocycles. The van der Waals surface area contributed by atoms with Crippen molar-refractivity contribution in [3.05, 3.63) is 6.33 Å². The van der Waals surface area contributed by atoms with Gasteiger partial charge < -0.3 is 26.0 Å². The summed E-state index contributed by atoms with van der Waals surface area (Å²) in [4.78, 5) is 12.4. The van der Waals surface area contributed by atoms with Crippen LogP contribution >= 0.6 is 8.03 Å². The number of nitrogens with one attached hydrogen (secondary N) is 1. The van der Waals surface area contributed by atoms with Crippen molar-refractivity contribution in [3.63, 3.8) is 0 Å². The van der Waals surface area contributed by atoms with Gasteiger partial charge in [0.25, 0.3) is 0 Å². The van der Waals surface area contributed by atoms with Gasteiger partial charge in [-0.1, -0.05) is 0 Å². The quantitative estimate of drug-likeness (QED) is 0.521. The summed E-state index contributed by atoms with van der Waals surface area (Å²) < 4.78 is 23.4. The molecular formula is C13H20N6O5P+. The molecule has 0 amide bonds. The molecule has 2 aromatic rings. The van der Waals surface area contributed by atoms with E-state index in [-0.39, 0.29) is 12.6 Å². The number of nitrogens with zero attached hydrogens (tertiary/aromatic N) is 4. The number of ether oxygens (including phenoxy) is 1. The standard InChI is InChI=1S/C13H20N6O5P/c1-13(21)8(20)6(4-23-25(3)22)24-11(13)19-5-16-7-9(15-2)17-12(14)18-10(7)19/h5-6,8,11,20-21H,4H2,1-3H3,(H3,14,15,17,18)/q+1/t6-,8-,11-,13-/m1/s1. The lowest BCUT2D eigenvalue weighted by molar-refractivity contribution is -0.0947. The maximum Gasteiger partial charge on any atom is 0.504 e. The second-order valence-electron chi connectivity index (χ2n) is 5.94. The van der Waals surface area contributed by atoms with Crippen LogP contribution in [0.5, 0.6) is 0 Å². The van der Waals surface area contributed by atoms with Crippen molar-refractivity contribution >= 4 is 31.0 Å². The first-order valence-electron chi connectivity index (χ1n) is 7.53. The molecule has 1 unspecified atom stereocenters. The maximum atomic E-state index is 11.1. The molecule has 25 heavy (non-hydrogen) atoms. The predicted octanol–water partition coefficient (Wildman–Crippen LogP) is -0.152. The SMILES string of the molecule is CNc1nc(N)nc2c1ncn2[C@@H]1O[C@H](CO[P+](C)=O)[C@@H](O)[C@@]1(C)O. The summed E-state index contributed by atoms with van der Waals surface area (Å²) in [5, 5.41) is 24.0. The van der Waals surface area contributed by atoms with Gasteiger partial charge in [-0.3, -0.25) is 4.57 Å². The predicted molar refractivity (Wildman–Crippen MR) is 89.3 cm³/mol. The third-order valence-corrected chi connectivity index (χ3v) is 4.62. The number of aliphatic hydroxyl groups is 2. The summed E-state index contributed by atoms with van der Waals surface area (Å²) in [5.74, 6) is 0.460. The molecule has 5 N–H and O–H groups in total. The summed E-state index contributed by atoms with van der Waals surface area (Å²) in [5.41, 5.74) is 4.86. The first-order valence-corrected chi connectivity index (χ1v) is 9.15. The maximum absolute atomic E-state index is 11.1. The number of anilines is 2. The fourth-order valence-corrected chi connectivity index (χ4v) is 3.19. The summed E-state index contributed by atoms with van der Waals surface area (Å²) in [6.07, 6.45) is -1.68. The molecule has 1 fully saturated rings. The van der Waals surface area contributed by atoms with E-state index in [1.165, 1.54) is 24.5 Å². The molecule has 0 saturated carbocycles. The molecule has 12 heteroatoms. The van der Waals surface area contributed by atoms with E-state index in [2.05, 4.69) is 20.3 Å². The zero-order chi connectivity index (χ0) is 18.4. The van der Waals surface area contributed by atoms with Crippen molar-refractivity contribution in [2.45, 2.75) is 31.0 Å². The van der Waals surface area contributed by atoms with Gasteiger partial charge in [0.05, 0.1) is 6.33 Å². The Hall–Kier alpha value is -1.91. The monoisotopic (exact) mass is 371 g/mol. The van der Waals surface area contributed by atoms with Gasteiger partial charge in [0.1, 0.15) is 24.4 Å². The van der Waals surface area contributed by atoms with Crippen molar-refractivity contribution in [2.24, 2.45) is 0 Å². The Morgan fingerprint density at radius 2 is 2.28 bits per heavy atom. The van der Waals surface area contributed by atoms with Crippen LogP contribution in [0.15, 0.2) is 6.33 Å². The Kier molecular flexibility index (Phi) is 4.60. The first-order chi connectivity index (χ1) is 11.8. The van der Waals surface area contributed by atoms with E-state index in [9.17, 15) is 14.8 Å². The van der Waals surface area contributed by atoms with Crippen LogP contribution in [0.4, 0.5) is 11.8 Å². The Balaban J connectivity index is 1.99. The van der Waals surface area contributed by atoms with Gasteiger partial charge in [-0.2, -0.15) is 9.97 Å². The van der Waals surface area contributed by atoms with E-state index >= 15 is 0 Å². The Bertz CT molecular complexity index is 812. The van der Waals surface area contributed by atoms with E-state index in [0.717, 1.165) is 0 Å². The van der Waals surface area contributed by atoms with Crippen LogP contribution in [0.25, 0.3) is 11.2 Å². The fourth-order valence-electron chi connectivity index (χ4n) is 2.84. The number of nitrogen functional groups attached to an aromatic ring is 1. The van der Waals surface area contributed by atoms with E-state index in [0.29, 0.717) is 17.0 Å². The molecule has 0 radical (unpaired) electrons. The average Bonchev–Trinajstić information content (AvgIpc) is 3.05. The van der Waals surface area contributed by atoms with Crippen molar-refractivity contribution in [1.82, 2.24) is 19.5 Å². The van der Waals surface area contributed by atoms with Gasteiger partial charge in [0.2, 0.25) is 5.95 Å². The van der Waals surface area contributed by atoms with Crippen LogP contribution < -0.4 is 11.1 Å². The minimum absolute atomic E-state index is 0.0275. The van der Waals surface area contributed by atoms with E-state index in [4.69, 9.17) is 15.0 Å². The highest BCUT2D eigenvalue weighted by Crippen LogP contribution is 2.40. The molecule has 0 spiro atoms. The van der Waals surface area contributed by atoms with E-state index < -0.39 is 32.1 Å². The van der Waals surface area contributed by atoms with Gasteiger partial charge >= 0.3 is 8.03 Å². The zero-order valence-corrected chi connectivity index (χ0v) is 14.8. The zero-order valence-electron chi connectivity index (χ0n) is 13.9. The molecular weight excluding hydrogens is 351 g/mol. The first kappa shape index (κ1) is 17.9. The highest BCUT2D eigenvalue weighted by atomic mass is 31.1. The molecule has 3 rings (SSSR count). The number of rotatable bonds is 5. The average molecular weight is 371 g/mol. The van der Waals surface area contributed by atoms with Crippen molar-refractivity contribution < 1.29 is 24.0 Å². The van der Waals surface area contributed by atoms with Crippen molar-refractivity contribution in [1.29, 1.82) is 0 Å². The molecule has 5 atom stereocenters. The van der Waals surface area contributed by atoms with Crippen molar-refractivity contribution in [3.8, 4) is 0 Å². The number of hydrogen-bond donors (Lipinski definition) is 4. The normalized spacial score (nSPS) is 30.0. The molecule has 11 nitrogen and oxygen atoms in total. The van der Waals surface area contributed by atoms with Gasteiger partial charge in [-0.25, -0.2) is 4.98 Å². The van der Waals surface area contributed by atoms with E-state index in [1.807, 2.05) is 0 Å². The minimum atomic E-state index is -1.85. The summed E-state index contributed by atoms with van der Waals surface area (Å²) in [6.45, 7) is 2.71. The molecule has 0 bridgehead atoms. The van der Waals surface area contributed by atoms with Gasteiger partial charge in [0, 0.05) is 7.05 Å². The second kappa shape index (κ2) is 6.43. The van der Waals surface area contributed by atoms with Crippen LogP contribution in [0.3, 0.4) is 0 Å². The molecule has 136 valence electrons. The molecule has 1 saturated heterocycles. The molecule has 0 aromatic carbocycles. The van der Waals surface area contributed by atoms with Crippen LogP contribution in [0.1, 0.15) is 13.2 Å². The number of fused-ring (bicyclic) bond motifs is 1. The summed E-state index contributed by atoms with van der Waals surface area (Å²) >= 11 is 0. The van der Waals surface area contributed by atoms with Crippen LogP contribution in [-0.4, -0.2) is 67.9 Å². The largest absolute Gasteiger partial charge is 0.504 e. The molecule has 1 aliphatic heterocycles. The third kappa shape index (κ3) is 3.05. The van der Waals surface area contributed by atoms with Crippen LogP contribution in [0, 0.1) is 0 Å². The Morgan fingerprint density at radius 1 is 1.56 bits per heavy atom. The molecule has 0 aliphatic carbocycles. The highest BCUT2D eigenvalue weighted by molar-refractivity contribution is 7.38. The van der Waals surface area contributed by atoms with Gasteiger partial charge in [-0.05, 0) is 11.5 Å². The fraction of sp³-hybridized carbons (Fsp3) is 0.615. The molecule has 3 heterocycles. The van der Waals surface area contributed by atoms with Gasteiger partial charge in [0.15, 0.2) is 29.9 Å². The second-order valence-corrected chi connectivity index (χ2v) is 7.08. The topological polar surface area (TPSA) is 158 Å². The van der Waals surface area contributed by atoms with E-state index in [1.54, 1.807) is 7.05 Å². The third-order valence-electron chi connectivity index (χ3n) is 4.10. The molecule has 1 aliphatic rings. The van der Waals surface area contributed by atoms with Crippen LogP contribution in [0.2, 0.25) is 0 Å². The number of aromatic nitrogens is 4. The summed E-state index contributed by atoms with van der Waals surface area (Å²) in [6, 6.07) is 0. The number of nitrogens with two attached hydrogens (primary N) is 1. The number of aliphatic hydroxyl groups excluding tert-OH is 1. The number of hydrogen-bond acceptors (Lipinski definition) is 10. The lowest BCUT2D eigenvalue weighted by Gasteiger charge is -2.27. The Morgan fingerprint density at radius 3 is 2.92 bits per heavy atom. The smallest absolute Gasteiger partial charge is 0.387 e. The minimum Gasteiger partial charge on any atom is -0.387 e.